The summed E-state index contributed by atoms with van der Waals surface area (Å²) < 4.78 is 37.8. The minimum absolute atomic E-state index is 0.550. The van der Waals surface area contributed by atoms with E-state index in [-0.39, 0.29) is 0 Å². The van der Waals surface area contributed by atoms with Crippen molar-refractivity contribution >= 4 is 0 Å². The van der Waals surface area contributed by atoms with Crippen LogP contribution < -0.4 is 0 Å². The fourth-order valence-electron chi connectivity index (χ4n) is 1.30. The highest BCUT2D eigenvalue weighted by Gasteiger charge is 2.37. The second-order valence-corrected chi connectivity index (χ2v) is 3.36. The van der Waals surface area contributed by atoms with Crippen LogP contribution in [0.4, 0.5) is 13.2 Å². The first kappa shape index (κ1) is 14.2. The Morgan fingerprint density at radius 3 is 2.67 bits per heavy atom. The number of aliphatic hydroxyl groups excluding tert-OH is 2. The maximum Gasteiger partial charge on any atom is 0.418 e. The van der Waals surface area contributed by atoms with E-state index in [1.165, 1.54) is 0 Å². The number of aromatic nitrogens is 1. The van der Waals surface area contributed by atoms with Crippen LogP contribution in [0.5, 0.6) is 0 Å². The van der Waals surface area contributed by atoms with Gasteiger partial charge < -0.3 is 10.2 Å². The van der Waals surface area contributed by atoms with Crippen molar-refractivity contribution in [3.63, 3.8) is 0 Å². The number of azide groups is 1. The molecule has 0 aliphatic rings. The van der Waals surface area contributed by atoms with Crippen molar-refractivity contribution in [3.05, 3.63) is 40.0 Å². The van der Waals surface area contributed by atoms with Crippen LogP contribution >= 0.6 is 0 Å². The summed E-state index contributed by atoms with van der Waals surface area (Å²) in [5.41, 5.74) is 6.18. The lowest BCUT2D eigenvalue weighted by Crippen LogP contribution is -2.25. The van der Waals surface area contributed by atoms with Gasteiger partial charge in [0.15, 0.2) is 0 Å². The maximum absolute atomic E-state index is 12.6. The Morgan fingerprint density at radius 1 is 1.44 bits per heavy atom. The Kier molecular flexibility index (Phi) is 4.49. The van der Waals surface area contributed by atoms with Crippen LogP contribution in [-0.2, 0) is 6.18 Å². The summed E-state index contributed by atoms with van der Waals surface area (Å²) in [5, 5.41) is 21.9. The smallest absolute Gasteiger partial charge is 0.390 e. The number of rotatable bonds is 4. The van der Waals surface area contributed by atoms with Gasteiger partial charge in [-0.25, -0.2) is 0 Å². The van der Waals surface area contributed by atoms with Crippen molar-refractivity contribution in [1.82, 2.24) is 4.98 Å². The summed E-state index contributed by atoms with van der Waals surface area (Å²) in [6, 6.07) is 1.81. The van der Waals surface area contributed by atoms with Gasteiger partial charge in [0.1, 0.15) is 6.10 Å². The molecule has 0 aromatic carbocycles. The van der Waals surface area contributed by atoms with E-state index in [9.17, 15) is 23.4 Å². The quantitative estimate of drug-likeness (QED) is 0.491. The largest absolute Gasteiger partial charge is 0.418 e. The summed E-state index contributed by atoms with van der Waals surface area (Å²) in [6.07, 6.45) is -7.16. The number of halogens is 3. The van der Waals surface area contributed by atoms with Crippen LogP contribution in [0.25, 0.3) is 10.4 Å². The molecule has 2 atom stereocenters. The summed E-state index contributed by atoms with van der Waals surface area (Å²) in [4.78, 5) is 5.74. The molecule has 98 valence electrons. The fourth-order valence-corrected chi connectivity index (χ4v) is 1.30. The van der Waals surface area contributed by atoms with E-state index >= 15 is 0 Å². The maximum atomic E-state index is 12.6. The molecule has 18 heavy (non-hydrogen) atoms. The molecule has 6 nitrogen and oxygen atoms in total. The summed E-state index contributed by atoms with van der Waals surface area (Å²) >= 11 is 0. The fraction of sp³-hybridized carbons (Fsp3) is 0.444. The third-order valence-corrected chi connectivity index (χ3v) is 2.12. The van der Waals surface area contributed by atoms with Gasteiger partial charge in [-0.2, -0.15) is 13.2 Å². The third kappa shape index (κ3) is 3.33. The first-order valence-corrected chi connectivity index (χ1v) is 4.77. The van der Waals surface area contributed by atoms with Crippen molar-refractivity contribution in [3.8, 4) is 0 Å². The lowest BCUT2D eigenvalue weighted by molar-refractivity contribution is -0.140. The molecule has 0 saturated carbocycles. The standard InChI is InChI=1S/C9H9F3N4O2/c10-9(11,12)5-2-1-3-14-7(5)8(18)6(17)4-15-16-13/h1-3,6,8,17-18H,4H2. The van der Waals surface area contributed by atoms with E-state index in [1.54, 1.807) is 0 Å². The van der Waals surface area contributed by atoms with E-state index < -0.39 is 36.2 Å². The van der Waals surface area contributed by atoms with Crippen molar-refractivity contribution < 1.29 is 23.4 Å². The summed E-state index contributed by atoms with van der Waals surface area (Å²) in [5.74, 6) is 0. The number of hydrogen-bond acceptors (Lipinski definition) is 4. The topological polar surface area (TPSA) is 102 Å². The second kappa shape index (κ2) is 5.67. The lowest BCUT2D eigenvalue weighted by Gasteiger charge is -2.19. The van der Waals surface area contributed by atoms with Gasteiger partial charge in [0, 0.05) is 11.1 Å². The molecule has 1 aromatic heterocycles. The second-order valence-electron chi connectivity index (χ2n) is 3.36. The third-order valence-electron chi connectivity index (χ3n) is 2.12. The van der Waals surface area contributed by atoms with Crippen LogP contribution in [0, 0.1) is 0 Å². The van der Waals surface area contributed by atoms with Crippen LogP contribution in [0.3, 0.4) is 0 Å². The molecule has 9 heteroatoms. The Morgan fingerprint density at radius 2 is 2.11 bits per heavy atom. The number of aliphatic hydroxyl groups is 2. The Balaban J connectivity index is 3.05. The van der Waals surface area contributed by atoms with Gasteiger partial charge in [-0.05, 0) is 17.7 Å². The number of alkyl halides is 3. The molecule has 0 saturated heterocycles. The molecular weight excluding hydrogens is 253 g/mol. The van der Waals surface area contributed by atoms with E-state index in [1.807, 2.05) is 0 Å². The Bertz CT molecular complexity index is 459. The Labute approximate surface area is 99.3 Å². The number of nitrogens with zero attached hydrogens (tertiary/aromatic N) is 4. The molecule has 0 aliphatic carbocycles. The molecule has 0 amide bonds. The van der Waals surface area contributed by atoms with Crippen LogP contribution in [0.2, 0.25) is 0 Å². The van der Waals surface area contributed by atoms with Gasteiger partial charge in [-0.3, -0.25) is 4.98 Å². The predicted molar refractivity (Wildman–Crippen MR) is 54.2 cm³/mol. The number of pyridine rings is 1. The molecule has 0 aliphatic heterocycles. The van der Waals surface area contributed by atoms with E-state index in [0.29, 0.717) is 0 Å². The molecule has 2 N–H and O–H groups in total. The van der Waals surface area contributed by atoms with Gasteiger partial charge in [0.05, 0.1) is 23.9 Å². The van der Waals surface area contributed by atoms with E-state index in [2.05, 4.69) is 15.0 Å². The zero-order chi connectivity index (χ0) is 13.8. The minimum Gasteiger partial charge on any atom is -0.390 e. The molecule has 1 aromatic rings. The minimum atomic E-state index is -4.69. The van der Waals surface area contributed by atoms with E-state index in [4.69, 9.17) is 5.53 Å². The van der Waals surface area contributed by atoms with Crippen LogP contribution in [0.1, 0.15) is 17.4 Å². The Hall–Kier alpha value is -1.83. The van der Waals surface area contributed by atoms with Gasteiger partial charge in [-0.15, -0.1) is 0 Å². The average molecular weight is 262 g/mol. The monoisotopic (exact) mass is 262 g/mol. The lowest BCUT2D eigenvalue weighted by atomic mass is 10.0. The zero-order valence-electron chi connectivity index (χ0n) is 8.91. The molecule has 0 bridgehead atoms. The van der Waals surface area contributed by atoms with E-state index in [0.717, 1.165) is 18.3 Å². The molecular formula is C9H9F3N4O2. The van der Waals surface area contributed by atoms with Crippen molar-refractivity contribution in [2.45, 2.75) is 18.4 Å². The SMILES string of the molecule is [N-]=[N+]=NCC(O)C(O)c1ncccc1C(F)(F)F. The molecule has 2 unspecified atom stereocenters. The van der Waals surface area contributed by atoms with Crippen LogP contribution in [0.15, 0.2) is 23.4 Å². The van der Waals surface area contributed by atoms with Gasteiger partial charge >= 0.3 is 6.18 Å². The molecule has 1 heterocycles. The summed E-state index contributed by atoms with van der Waals surface area (Å²) in [7, 11) is 0. The van der Waals surface area contributed by atoms with Crippen LogP contribution in [-0.4, -0.2) is 27.8 Å². The molecule has 1 rings (SSSR count). The van der Waals surface area contributed by atoms with Gasteiger partial charge in [-0.1, -0.05) is 5.11 Å². The highest BCUT2D eigenvalue weighted by molar-refractivity contribution is 5.25. The first-order valence-electron chi connectivity index (χ1n) is 4.77. The first-order chi connectivity index (χ1) is 8.38. The zero-order valence-corrected chi connectivity index (χ0v) is 8.91. The molecule has 0 spiro atoms. The summed E-state index contributed by atoms with van der Waals surface area (Å²) in [6.45, 7) is -0.550. The van der Waals surface area contributed by atoms with Gasteiger partial charge in [0.2, 0.25) is 0 Å². The normalized spacial score (nSPS) is 14.7. The molecule has 0 fully saturated rings. The average Bonchev–Trinajstić information content (AvgIpc) is 2.34. The predicted octanol–water partition coefficient (Wildman–Crippen LogP) is 1.80. The van der Waals surface area contributed by atoms with Crippen molar-refractivity contribution in [1.29, 1.82) is 0 Å². The van der Waals surface area contributed by atoms with Crippen molar-refractivity contribution in [2.24, 2.45) is 5.11 Å². The highest BCUT2D eigenvalue weighted by Crippen LogP contribution is 2.34. The van der Waals surface area contributed by atoms with Gasteiger partial charge in [0.25, 0.3) is 0 Å². The highest BCUT2D eigenvalue weighted by atomic mass is 19.4. The van der Waals surface area contributed by atoms with Crippen molar-refractivity contribution in [2.75, 3.05) is 6.54 Å². The molecule has 0 radical (unpaired) electrons. The number of hydrogen-bond donors (Lipinski definition) is 2.